The summed E-state index contributed by atoms with van der Waals surface area (Å²) in [5.74, 6) is 0.708. The van der Waals surface area contributed by atoms with Crippen molar-refractivity contribution in [2.45, 2.75) is 13.3 Å². The van der Waals surface area contributed by atoms with Crippen LogP contribution in [-0.4, -0.2) is 24.9 Å². The fourth-order valence-corrected chi connectivity index (χ4v) is 1.87. The van der Waals surface area contributed by atoms with E-state index < -0.39 is 0 Å². The van der Waals surface area contributed by atoms with E-state index in [2.05, 4.69) is 17.6 Å². The Labute approximate surface area is 107 Å². The first-order valence-corrected chi connectivity index (χ1v) is 6.29. The highest BCUT2D eigenvalue weighted by atomic mass is 16.2. The van der Waals surface area contributed by atoms with Crippen LogP contribution in [0.5, 0.6) is 0 Å². The molecule has 0 aliphatic heterocycles. The second-order valence-corrected chi connectivity index (χ2v) is 4.73. The highest BCUT2D eigenvalue weighted by Crippen LogP contribution is 2.37. The van der Waals surface area contributed by atoms with E-state index in [4.69, 9.17) is 0 Å². The predicted octanol–water partition coefficient (Wildman–Crippen LogP) is 1.19. The van der Waals surface area contributed by atoms with E-state index >= 15 is 0 Å². The van der Waals surface area contributed by atoms with Crippen LogP contribution in [0.4, 0.5) is 0 Å². The Morgan fingerprint density at radius 3 is 2.39 bits per heavy atom. The van der Waals surface area contributed by atoms with Gasteiger partial charge < -0.3 is 10.6 Å². The summed E-state index contributed by atoms with van der Waals surface area (Å²) in [7, 11) is 0. The summed E-state index contributed by atoms with van der Waals surface area (Å²) < 4.78 is 0. The molecule has 1 aliphatic rings. The number of hydrogen-bond donors (Lipinski definition) is 2. The normalized spacial score (nSPS) is 21.2. The lowest BCUT2D eigenvalue weighted by molar-refractivity contribution is -0.122. The lowest BCUT2D eigenvalue weighted by atomic mass is 10.2. The van der Waals surface area contributed by atoms with E-state index in [1.807, 2.05) is 18.2 Å². The standard InChI is InChI=1S/C14H18N2O2/c1-10-9-12(10)14(18)16-8-7-15-13(17)11-5-3-2-4-6-11/h2-6,10,12H,7-9H2,1H3,(H,15,17)(H,16,18). The minimum absolute atomic E-state index is 0.107. The van der Waals surface area contributed by atoms with Gasteiger partial charge in [0.25, 0.3) is 5.91 Å². The van der Waals surface area contributed by atoms with Crippen LogP contribution in [0, 0.1) is 11.8 Å². The summed E-state index contributed by atoms with van der Waals surface area (Å²) in [6.45, 7) is 3.02. The SMILES string of the molecule is CC1CC1C(=O)NCCNC(=O)c1ccccc1. The summed E-state index contributed by atoms with van der Waals surface area (Å²) in [6, 6.07) is 9.05. The quantitative estimate of drug-likeness (QED) is 0.767. The molecule has 96 valence electrons. The molecular formula is C14H18N2O2. The first-order chi connectivity index (χ1) is 8.68. The van der Waals surface area contributed by atoms with Crippen molar-refractivity contribution in [3.8, 4) is 0 Å². The van der Waals surface area contributed by atoms with E-state index in [0.29, 0.717) is 24.6 Å². The number of nitrogens with one attached hydrogen (secondary N) is 2. The van der Waals surface area contributed by atoms with E-state index in [9.17, 15) is 9.59 Å². The zero-order valence-corrected chi connectivity index (χ0v) is 10.5. The third-order valence-corrected chi connectivity index (χ3v) is 3.19. The number of carbonyl (C=O) groups excluding carboxylic acids is 2. The molecule has 2 N–H and O–H groups in total. The number of amides is 2. The van der Waals surface area contributed by atoms with Crippen molar-refractivity contribution in [2.75, 3.05) is 13.1 Å². The molecule has 4 heteroatoms. The summed E-state index contributed by atoms with van der Waals surface area (Å²) in [5, 5.41) is 5.60. The van der Waals surface area contributed by atoms with Gasteiger partial charge >= 0.3 is 0 Å². The van der Waals surface area contributed by atoms with Crippen molar-refractivity contribution >= 4 is 11.8 Å². The molecule has 1 aromatic rings. The molecule has 1 fully saturated rings. The highest BCUT2D eigenvalue weighted by Gasteiger charge is 2.38. The molecule has 1 aromatic carbocycles. The molecule has 0 heterocycles. The molecule has 0 radical (unpaired) electrons. The highest BCUT2D eigenvalue weighted by molar-refractivity contribution is 5.94. The molecular weight excluding hydrogens is 228 g/mol. The maximum atomic E-state index is 11.7. The molecule has 18 heavy (non-hydrogen) atoms. The third-order valence-electron chi connectivity index (χ3n) is 3.19. The Morgan fingerprint density at radius 2 is 1.78 bits per heavy atom. The van der Waals surface area contributed by atoms with Gasteiger partial charge in [-0.25, -0.2) is 0 Å². The van der Waals surface area contributed by atoms with E-state index in [1.54, 1.807) is 12.1 Å². The Morgan fingerprint density at radius 1 is 1.17 bits per heavy atom. The Balaban J connectivity index is 1.64. The average Bonchev–Trinajstić information content (AvgIpc) is 3.12. The van der Waals surface area contributed by atoms with Crippen molar-refractivity contribution in [3.05, 3.63) is 35.9 Å². The van der Waals surface area contributed by atoms with Gasteiger partial charge in [0.05, 0.1) is 0 Å². The molecule has 0 spiro atoms. The van der Waals surface area contributed by atoms with Crippen LogP contribution in [0.1, 0.15) is 23.7 Å². The van der Waals surface area contributed by atoms with Crippen LogP contribution in [0.25, 0.3) is 0 Å². The number of benzene rings is 1. The number of hydrogen-bond acceptors (Lipinski definition) is 2. The Hall–Kier alpha value is -1.84. The van der Waals surface area contributed by atoms with Crippen LogP contribution in [-0.2, 0) is 4.79 Å². The first kappa shape index (κ1) is 12.6. The molecule has 0 saturated heterocycles. The second kappa shape index (κ2) is 5.67. The van der Waals surface area contributed by atoms with Gasteiger partial charge in [0.1, 0.15) is 0 Å². The largest absolute Gasteiger partial charge is 0.354 e. The molecule has 0 bridgehead atoms. The predicted molar refractivity (Wildman–Crippen MR) is 69.1 cm³/mol. The van der Waals surface area contributed by atoms with Crippen LogP contribution in [0.15, 0.2) is 30.3 Å². The lowest BCUT2D eigenvalue weighted by Gasteiger charge is -2.06. The summed E-state index contributed by atoms with van der Waals surface area (Å²) in [5.41, 5.74) is 0.639. The summed E-state index contributed by atoms with van der Waals surface area (Å²) >= 11 is 0. The van der Waals surface area contributed by atoms with Gasteiger partial charge in [-0.1, -0.05) is 25.1 Å². The molecule has 2 amide bonds. The maximum absolute atomic E-state index is 11.7. The van der Waals surface area contributed by atoms with Crippen LogP contribution >= 0.6 is 0 Å². The minimum atomic E-state index is -0.107. The zero-order chi connectivity index (χ0) is 13.0. The number of rotatable bonds is 5. The smallest absolute Gasteiger partial charge is 0.251 e. The van der Waals surface area contributed by atoms with Gasteiger partial charge in [0.2, 0.25) is 5.91 Å². The summed E-state index contributed by atoms with van der Waals surface area (Å²) in [4.78, 5) is 23.2. The Kier molecular flexibility index (Phi) is 3.97. The van der Waals surface area contributed by atoms with Crippen molar-refractivity contribution < 1.29 is 9.59 Å². The minimum Gasteiger partial charge on any atom is -0.354 e. The van der Waals surface area contributed by atoms with Crippen molar-refractivity contribution in [2.24, 2.45) is 11.8 Å². The lowest BCUT2D eigenvalue weighted by Crippen LogP contribution is -2.35. The van der Waals surface area contributed by atoms with Gasteiger partial charge in [-0.05, 0) is 24.5 Å². The fourth-order valence-electron chi connectivity index (χ4n) is 1.87. The van der Waals surface area contributed by atoms with Gasteiger partial charge in [-0.2, -0.15) is 0 Å². The molecule has 1 saturated carbocycles. The van der Waals surface area contributed by atoms with E-state index in [-0.39, 0.29) is 17.7 Å². The van der Waals surface area contributed by atoms with E-state index in [0.717, 1.165) is 6.42 Å². The van der Waals surface area contributed by atoms with Crippen LogP contribution in [0.2, 0.25) is 0 Å². The van der Waals surface area contributed by atoms with Gasteiger partial charge in [0.15, 0.2) is 0 Å². The molecule has 4 nitrogen and oxygen atoms in total. The number of carbonyl (C=O) groups is 2. The Bertz CT molecular complexity index is 431. The molecule has 2 unspecified atom stereocenters. The maximum Gasteiger partial charge on any atom is 0.251 e. The zero-order valence-electron chi connectivity index (χ0n) is 10.5. The molecule has 2 atom stereocenters. The molecule has 1 aliphatic carbocycles. The van der Waals surface area contributed by atoms with E-state index in [1.165, 1.54) is 0 Å². The van der Waals surface area contributed by atoms with Gasteiger partial charge in [-0.15, -0.1) is 0 Å². The second-order valence-electron chi connectivity index (χ2n) is 4.73. The molecule has 2 rings (SSSR count). The third kappa shape index (κ3) is 3.32. The molecule has 0 aromatic heterocycles. The fraction of sp³-hybridized carbons (Fsp3) is 0.429. The van der Waals surface area contributed by atoms with Gasteiger partial charge in [0, 0.05) is 24.6 Å². The van der Waals surface area contributed by atoms with Crippen LogP contribution in [0.3, 0.4) is 0 Å². The van der Waals surface area contributed by atoms with Crippen molar-refractivity contribution in [1.29, 1.82) is 0 Å². The topological polar surface area (TPSA) is 58.2 Å². The monoisotopic (exact) mass is 246 g/mol. The average molecular weight is 246 g/mol. The first-order valence-electron chi connectivity index (χ1n) is 6.29. The van der Waals surface area contributed by atoms with Crippen LogP contribution < -0.4 is 10.6 Å². The van der Waals surface area contributed by atoms with Crippen molar-refractivity contribution in [1.82, 2.24) is 10.6 Å². The van der Waals surface area contributed by atoms with Gasteiger partial charge in [-0.3, -0.25) is 9.59 Å². The summed E-state index contributed by atoms with van der Waals surface area (Å²) in [6.07, 6.45) is 0.988. The van der Waals surface area contributed by atoms with Crippen molar-refractivity contribution in [3.63, 3.8) is 0 Å².